The summed E-state index contributed by atoms with van der Waals surface area (Å²) in [5, 5.41) is 25.7. The van der Waals surface area contributed by atoms with Crippen molar-refractivity contribution in [3.05, 3.63) is 101 Å². The highest BCUT2D eigenvalue weighted by molar-refractivity contribution is 5.81. The Bertz CT molecular complexity index is 1490. The fraction of sp³-hybridized carbons (Fsp3) is 0.487. The van der Waals surface area contributed by atoms with Crippen LogP contribution in [0.3, 0.4) is 0 Å². The molecule has 5 atom stereocenters. The molecule has 10 heteroatoms. The summed E-state index contributed by atoms with van der Waals surface area (Å²) in [6, 6.07) is 24.2. The molecule has 2 heterocycles. The van der Waals surface area contributed by atoms with Crippen molar-refractivity contribution in [2.24, 2.45) is 0 Å². The molecule has 2 saturated heterocycles. The van der Waals surface area contributed by atoms with Gasteiger partial charge in [-0.3, -0.25) is 14.5 Å². The van der Waals surface area contributed by atoms with Gasteiger partial charge in [-0.1, -0.05) is 66.7 Å². The van der Waals surface area contributed by atoms with Crippen molar-refractivity contribution in [1.82, 2.24) is 15.1 Å². The molecule has 10 nitrogen and oxygen atoms in total. The highest BCUT2D eigenvalue weighted by atomic mass is 16.5. The van der Waals surface area contributed by atoms with E-state index in [1.807, 2.05) is 78.9 Å². The lowest BCUT2D eigenvalue weighted by Gasteiger charge is -2.33. The second-order valence-corrected chi connectivity index (χ2v) is 13.3. The Hall–Kier alpha value is -3.80. The van der Waals surface area contributed by atoms with Gasteiger partial charge < -0.3 is 34.6 Å². The molecule has 49 heavy (non-hydrogen) atoms. The molecular formula is C39H49N3O7. The van der Waals surface area contributed by atoms with Crippen molar-refractivity contribution < 1.29 is 34.0 Å². The normalized spacial score (nSPS) is 21.9. The molecule has 2 fully saturated rings. The minimum Gasteiger partial charge on any atom is -0.492 e. The Morgan fingerprint density at radius 2 is 1.71 bits per heavy atom. The van der Waals surface area contributed by atoms with Gasteiger partial charge in [-0.2, -0.15) is 0 Å². The maximum absolute atomic E-state index is 14.1. The van der Waals surface area contributed by atoms with E-state index in [1.54, 1.807) is 4.90 Å². The van der Waals surface area contributed by atoms with Crippen LogP contribution in [0.1, 0.15) is 54.0 Å². The predicted molar refractivity (Wildman–Crippen MR) is 185 cm³/mol. The molecule has 1 aliphatic carbocycles. The van der Waals surface area contributed by atoms with Crippen molar-refractivity contribution in [2.75, 3.05) is 46.1 Å². The quantitative estimate of drug-likeness (QED) is 0.225. The highest BCUT2D eigenvalue weighted by Crippen LogP contribution is 2.37. The first-order chi connectivity index (χ1) is 23.9. The van der Waals surface area contributed by atoms with Gasteiger partial charge in [0.15, 0.2) is 0 Å². The number of hydrogen-bond acceptors (Lipinski definition) is 8. The zero-order chi connectivity index (χ0) is 34.0. The average Bonchev–Trinajstić information content (AvgIpc) is 3.79. The number of nitrogens with zero attached hydrogens (tertiary/aromatic N) is 2. The van der Waals surface area contributed by atoms with Crippen molar-refractivity contribution in [3.8, 4) is 5.75 Å². The van der Waals surface area contributed by atoms with E-state index >= 15 is 0 Å². The number of aliphatic hydroxyl groups excluding tert-OH is 2. The van der Waals surface area contributed by atoms with Gasteiger partial charge >= 0.3 is 0 Å². The van der Waals surface area contributed by atoms with Gasteiger partial charge in [-0.05, 0) is 60.1 Å². The minimum atomic E-state index is -0.967. The van der Waals surface area contributed by atoms with Crippen molar-refractivity contribution in [1.29, 1.82) is 0 Å². The molecular weight excluding hydrogens is 622 g/mol. The van der Waals surface area contributed by atoms with Crippen LogP contribution in [0.25, 0.3) is 0 Å². The number of ether oxygens (including phenoxy) is 3. The Labute approximate surface area is 289 Å². The molecule has 3 aromatic rings. The van der Waals surface area contributed by atoms with Crippen molar-refractivity contribution in [3.63, 3.8) is 0 Å². The topological polar surface area (TPSA) is 121 Å². The number of carbonyl (C=O) groups is 2. The van der Waals surface area contributed by atoms with Gasteiger partial charge in [0, 0.05) is 45.6 Å². The molecule has 0 radical (unpaired) electrons. The number of amides is 2. The van der Waals surface area contributed by atoms with E-state index in [0.717, 1.165) is 67.3 Å². The molecule has 0 spiro atoms. The Balaban J connectivity index is 1.13. The van der Waals surface area contributed by atoms with E-state index in [-0.39, 0.29) is 24.7 Å². The zero-order valence-corrected chi connectivity index (χ0v) is 28.1. The van der Waals surface area contributed by atoms with E-state index < -0.39 is 30.4 Å². The first-order valence-electron chi connectivity index (χ1n) is 17.7. The second kappa shape index (κ2) is 17.2. The number of morpholine rings is 1. The van der Waals surface area contributed by atoms with Crippen LogP contribution in [0, 0.1) is 0 Å². The third-order valence-corrected chi connectivity index (χ3v) is 9.85. The van der Waals surface area contributed by atoms with Gasteiger partial charge in [0.1, 0.15) is 18.5 Å². The van der Waals surface area contributed by atoms with Crippen LogP contribution in [0.5, 0.6) is 5.75 Å². The van der Waals surface area contributed by atoms with Gasteiger partial charge in [-0.15, -0.1) is 0 Å². The fourth-order valence-corrected chi connectivity index (χ4v) is 7.10. The van der Waals surface area contributed by atoms with Gasteiger partial charge in [0.05, 0.1) is 37.5 Å². The smallest absolute Gasteiger partial charge is 0.249 e. The summed E-state index contributed by atoms with van der Waals surface area (Å²) >= 11 is 0. The van der Waals surface area contributed by atoms with Crippen LogP contribution < -0.4 is 10.1 Å². The summed E-state index contributed by atoms with van der Waals surface area (Å²) < 4.78 is 17.0. The summed E-state index contributed by atoms with van der Waals surface area (Å²) in [7, 11) is 0. The SMILES string of the molecule is O=C(N[C@@H](Cc1ccccc1)[C@@H](O)CCC(=O)N(Cc1ccc(OCCN2CCOCC2)cc1)[C@H]1c2ccccc2C[C@H]1O)[C@@H]1CCCO1. The number of rotatable bonds is 15. The van der Waals surface area contributed by atoms with E-state index in [0.29, 0.717) is 39.0 Å². The highest BCUT2D eigenvalue weighted by Gasteiger charge is 2.38. The van der Waals surface area contributed by atoms with Crippen molar-refractivity contribution >= 4 is 11.8 Å². The molecule has 262 valence electrons. The summed E-state index contributed by atoms with van der Waals surface area (Å²) in [5.74, 6) is 0.359. The fourth-order valence-electron chi connectivity index (χ4n) is 7.10. The van der Waals surface area contributed by atoms with E-state index in [1.165, 1.54) is 0 Å². The predicted octanol–water partition coefficient (Wildman–Crippen LogP) is 3.43. The lowest BCUT2D eigenvalue weighted by Crippen LogP contribution is -2.48. The third-order valence-electron chi connectivity index (χ3n) is 9.85. The van der Waals surface area contributed by atoms with E-state index in [4.69, 9.17) is 14.2 Å². The van der Waals surface area contributed by atoms with Crippen LogP contribution in [0.4, 0.5) is 0 Å². The lowest BCUT2D eigenvalue weighted by molar-refractivity contribution is -0.137. The minimum absolute atomic E-state index is 0.0520. The summed E-state index contributed by atoms with van der Waals surface area (Å²) in [4.78, 5) is 31.2. The molecule has 0 bridgehead atoms. The second-order valence-electron chi connectivity index (χ2n) is 13.3. The monoisotopic (exact) mass is 671 g/mol. The number of carbonyl (C=O) groups excluding carboxylic acids is 2. The number of nitrogens with one attached hydrogen (secondary N) is 1. The molecule has 6 rings (SSSR count). The third kappa shape index (κ3) is 9.46. The maximum Gasteiger partial charge on any atom is 0.249 e. The maximum atomic E-state index is 14.1. The molecule has 2 aliphatic heterocycles. The van der Waals surface area contributed by atoms with Crippen LogP contribution in [0.2, 0.25) is 0 Å². The number of hydrogen-bond donors (Lipinski definition) is 3. The first-order valence-corrected chi connectivity index (χ1v) is 17.7. The van der Waals surface area contributed by atoms with Gasteiger partial charge in [0.2, 0.25) is 11.8 Å². The molecule has 0 unspecified atom stereocenters. The standard InChI is InChI=1S/C39H49N3O7/c43-34(33(25-28-7-2-1-3-8-28)40-39(46)36-11-6-21-49-36)16-17-37(45)42(38-32-10-5-4-9-30(32)26-35(38)44)27-29-12-14-31(15-13-29)48-24-20-41-18-22-47-23-19-41/h1-5,7-10,12-15,33-36,38,43-44H,6,11,16-27H2,(H,40,46)/t33-,34-,35+,36-,38-/m0/s1. The number of aliphatic hydroxyl groups is 2. The van der Waals surface area contributed by atoms with Gasteiger partial charge in [-0.25, -0.2) is 0 Å². The molecule has 0 saturated carbocycles. The van der Waals surface area contributed by atoms with Crippen LogP contribution in [0.15, 0.2) is 78.9 Å². The molecule has 0 aromatic heterocycles. The molecule has 3 aromatic carbocycles. The molecule has 3 aliphatic rings. The lowest BCUT2D eigenvalue weighted by atomic mass is 9.97. The van der Waals surface area contributed by atoms with Crippen LogP contribution >= 0.6 is 0 Å². The summed E-state index contributed by atoms with van der Waals surface area (Å²) in [6.45, 7) is 5.60. The summed E-state index contributed by atoms with van der Waals surface area (Å²) in [6.07, 6.45) is 0.348. The largest absolute Gasteiger partial charge is 0.492 e. The van der Waals surface area contributed by atoms with Crippen molar-refractivity contribution in [2.45, 2.75) is 75.5 Å². The van der Waals surface area contributed by atoms with E-state index in [9.17, 15) is 19.8 Å². The molecule has 3 N–H and O–H groups in total. The Kier molecular flexibility index (Phi) is 12.3. The zero-order valence-electron chi connectivity index (χ0n) is 28.1. The average molecular weight is 672 g/mol. The molecule has 2 amide bonds. The summed E-state index contributed by atoms with van der Waals surface area (Å²) in [5.41, 5.74) is 3.86. The number of fused-ring (bicyclic) bond motifs is 1. The number of benzene rings is 3. The van der Waals surface area contributed by atoms with Gasteiger partial charge in [0.25, 0.3) is 0 Å². The first kappa shape index (κ1) is 35.0. The van der Waals surface area contributed by atoms with E-state index in [2.05, 4.69) is 10.2 Å². The Morgan fingerprint density at radius 3 is 2.47 bits per heavy atom. The van der Waals surface area contributed by atoms with Crippen LogP contribution in [-0.4, -0.2) is 102 Å². The Morgan fingerprint density at radius 1 is 0.959 bits per heavy atom. The van der Waals surface area contributed by atoms with Crippen LogP contribution in [-0.2, 0) is 38.4 Å².